The monoisotopic (exact) mass is 154 g/mol. The zero-order valence-electron chi connectivity index (χ0n) is 6.66. The van der Waals surface area contributed by atoms with Crippen molar-refractivity contribution in [3.63, 3.8) is 0 Å². The van der Waals surface area contributed by atoms with Crippen molar-refractivity contribution in [2.24, 2.45) is 0 Å². The van der Waals surface area contributed by atoms with Gasteiger partial charge in [0.2, 0.25) is 0 Å². The van der Waals surface area contributed by atoms with Crippen LogP contribution in [0.2, 0.25) is 0 Å². The molecule has 0 bridgehead atoms. The van der Waals surface area contributed by atoms with Crippen molar-refractivity contribution in [2.45, 2.75) is 31.5 Å². The molecule has 1 saturated carbocycles. The van der Waals surface area contributed by atoms with E-state index in [0.29, 0.717) is 12.2 Å². The van der Waals surface area contributed by atoms with Crippen molar-refractivity contribution in [1.29, 1.82) is 0 Å². The van der Waals surface area contributed by atoms with Gasteiger partial charge in [0.25, 0.3) is 0 Å². The Kier molecular flexibility index (Phi) is 3.02. The minimum absolute atomic E-state index is 0.303. The van der Waals surface area contributed by atoms with Crippen LogP contribution in [0.3, 0.4) is 0 Å². The fraction of sp³-hybridized carbons (Fsp3) is 0.556. The molecule has 11 heavy (non-hydrogen) atoms. The van der Waals surface area contributed by atoms with Crippen LogP contribution in [-0.4, -0.2) is 12.2 Å². The maximum absolute atomic E-state index is 5.23. The molecular weight excluding hydrogens is 140 g/mol. The predicted molar refractivity (Wildman–Crippen MR) is 44.0 cm³/mol. The van der Waals surface area contributed by atoms with Crippen LogP contribution < -0.4 is 0 Å². The molecule has 0 aromatic heterocycles. The Balaban J connectivity index is 2.22. The van der Waals surface area contributed by atoms with E-state index >= 15 is 0 Å². The molecule has 2 atom stereocenters. The van der Waals surface area contributed by atoms with Crippen molar-refractivity contribution < 1.29 is 9.47 Å². The standard InChI is InChI=1S/C9H14O2/c1-3-10-8-5-6-9(7-8)11-4-2/h3-4,8-9H,1-2,5-7H2. The topological polar surface area (TPSA) is 18.5 Å². The molecule has 2 nitrogen and oxygen atoms in total. The number of ether oxygens (including phenoxy) is 2. The Morgan fingerprint density at radius 1 is 1.00 bits per heavy atom. The second-order valence-electron chi connectivity index (χ2n) is 2.66. The summed E-state index contributed by atoms with van der Waals surface area (Å²) >= 11 is 0. The van der Waals surface area contributed by atoms with Gasteiger partial charge >= 0.3 is 0 Å². The molecular formula is C9H14O2. The van der Waals surface area contributed by atoms with E-state index in [-0.39, 0.29) is 0 Å². The molecule has 0 radical (unpaired) electrons. The second kappa shape index (κ2) is 4.06. The highest BCUT2D eigenvalue weighted by molar-refractivity contribution is 4.79. The van der Waals surface area contributed by atoms with Crippen molar-refractivity contribution in [1.82, 2.24) is 0 Å². The quantitative estimate of drug-likeness (QED) is 0.578. The first-order valence-corrected chi connectivity index (χ1v) is 3.89. The molecule has 2 heteroatoms. The van der Waals surface area contributed by atoms with E-state index in [1.165, 1.54) is 12.5 Å². The van der Waals surface area contributed by atoms with Crippen molar-refractivity contribution in [3.8, 4) is 0 Å². The molecule has 0 amide bonds. The molecule has 62 valence electrons. The molecule has 0 N–H and O–H groups in total. The van der Waals surface area contributed by atoms with Crippen LogP contribution in [-0.2, 0) is 9.47 Å². The average molecular weight is 154 g/mol. The molecule has 1 aliphatic rings. The summed E-state index contributed by atoms with van der Waals surface area (Å²) in [6, 6.07) is 0. The molecule has 1 rings (SSSR count). The largest absolute Gasteiger partial charge is 0.499 e. The molecule has 0 aromatic carbocycles. The van der Waals surface area contributed by atoms with Gasteiger partial charge in [0.1, 0.15) is 12.2 Å². The maximum Gasteiger partial charge on any atom is 0.101 e. The SMILES string of the molecule is C=COC1CCC(OC=C)C1. The Labute approximate surface area is 67.5 Å². The van der Waals surface area contributed by atoms with Crippen LogP contribution in [0.25, 0.3) is 0 Å². The van der Waals surface area contributed by atoms with Crippen LogP contribution in [0, 0.1) is 0 Å². The zero-order chi connectivity index (χ0) is 8.10. The first kappa shape index (κ1) is 8.18. The van der Waals surface area contributed by atoms with Gasteiger partial charge in [-0.2, -0.15) is 0 Å². The fourth-order valence-electron chi connectivity index (χ4n) is 1.42. The summed E-state index contributed by atoms with van der Waals surface area (Å²) in [5.74, 6) is 0. The van der Waals surface area contributed by atoms with E-state index in [1.807, 2.05) is 0 Å². The fourth-order valence-corrected chi connectivity index (χ4v) is 1.42. The highest BCUT2D eigenvalue weighted by Gasteiger charge is 2.25. The highest BCUT2D eigenvalue weighted by Crippen LogP contribution is 2.24. The summed E-state index contributed by atoms with van der Waals surface area (Å²) in [5, 5.41) is 0. The van der Waals surface area contributed by atoms with E-state index in [0.717, 1.165) is 19.3 Å². The smallest absolute Gasteiger partial charge is 0.101 e. The van der Waals surface area contributed by atoms with Gasteiger partial charge in [-0.05, 0) is 12.8 Å². The Morgan fingerprint density at radius 3 is 1.82 bits per heavy atom. The van der Waals surface area contributed by atoms with E-state index < -0.39 is 0 Å². The summed E-state index contributed by atoms with van der Waals surface area (Å²) in [6.45, 7) is 7.02. The minimum atomic E-state index is 0.303. The third-order valence-corrected chi connectivity index (χ3v) is 1.91. The maximum atomic E-state index is 5.23. The zero-order valence-corrected chi connectivity index (χ0v) is 6.66. The normalized spacial score (nSPS) is 29.5. The van der Waals surface area contributed by atoms with Crippen molar-refractivity contribution >= 4 is 0 Å². The van der Waals surface area contributed by atoms with Crippen molar-refractivity contribution in [2.75, 3.05) is 0 Å². The lowest BCUT2D eigenvalue weighted by molar-refractivity contribution is 0.109. The minimum Gasteiger partial charge on any atom is -0.499 e. The van der Waals surface area contributed by atoms with Gasteiger partial charge in [-0.1, -0.05) is 13.2 Å². The number of hydrogen-bond acceptors (Lipinski definition) is 2. The summed E-state index contributed by atoms with van der Waals surface area (Å²) in [5.41, 5.74) is 0. The van der Waals surface area contributed by atoms with E-state index in [1.54, 1.807) is 0 Å². The van der Waals surface area contributed by atoms with Gasteiger partial charge in [0.15, 0.2) is 0 Å². The molecule has 0 aromatic rings. The first-order valence-electron chi connectivity index (χ1n) is 3.89. The van der Waals surface area contributed by atoms with Crippen molar-refractivity contribution in [3.05, 3.63) is 25.7 Å². The Morgan fingerprint density at radius 2 is 1.45 bits per heavy atom. The van der Waals surface area contributed by atoms with E-state index in [9.17, 15) is 0 Å². The third-order valence-electron chi connectivity index (χ3n) is 1.91. The molecule has 0 aliphatic heterocycles. The molecule has 1 aliphatic carbocycles. The van der Waals surface area contributed by atoms with Crippen LogP contribution in [0.1, 0.15) is 19.3 Å². The molecule has 0 saturated heterocycles. The Hall–Kier alpha value is -0.920. The van der Waals surface area contributed by atoms with E-state index in [4.69, 9.17) is 9.47 Å². The second-order valence-corrected chi connectivity index (χ2v) is 2.66. The molecule has 0 heterocycles. The third kappa shape index (κ3) is 2.30. The van der Waals surface area contributed by atoms with Gasteiger partial charge < -0.3 is 9.47 Å². The van der Waals surface area contributed by atoms with Gasteiger partial charge in [-0.25, -0.2) is 0 Å². The predicted octanol–water partition coefficient (Wildman–Crippen LogP) is 2.23. The lowest BCUT2D eigenvalue weighted by Crippen LogP contribution is -2.08. The molecule has 0 spiro atoms. The average Bonchev–Trinajstić information content (AvgIpc) is 2.38. The lowest BCUT2D eigenvalue weighted by atomic mass is 10.3. The van der Waals surface area contributed by atoms with Crippen LogP contribution >= 0.6 is 0 Å². The van der Waals surface area contributed by atoms with Crippen LogP contribution in [0.5, 0.6) is 0 Å². The van der Waals surface area contributed by atoms with Gasteiger partial charge in [0, 0.05) is 6.42 Å². The summed E-state index contributed by atoms with van der Waals surface area (Å²) < 4.78 is 10.5. The summed E-state index contributed by atoms with van der Waals surface area (Å²) in [6.07, 6.45) is 6.68. The summed E-state index contributed by atoms with van der Waals surface area (Å²) in [7, 11) is 0. The van der Waals surface area contributed by atoms with Gasteiger partial charge in [-0.3, -0.25) is 0 Å². The first-order chi connectivity index (χ1) is 5.36. The molecule has 1 fully saturated rings. The Bertz CT molecular complexity index is 126. The highest BCUT2D eigenvalue weighted by atomic mass is 16.5. The summed E-state index contributed by atoms with van der Waals surface area (Å²) in [4.78, 5) is 0. The number of hydrogen-bond donors (Lipinski definition) is 0. The van der Waals surface area contributed by atoms with E-state index in [2.05, 4.69) is 13.2 Å². The van der Waals surface area contributed by atoms with Crippen LogP contribution in [0.4, 0.5) is 0 Å². The van der Waals surface area contributed by atoms with Gasteiger partial charge in [-0.15, -0.1) is 0 Å². The lowest BCUT2D eigenvalue weighted by Gasteiger charge is -2.09. The number of rotatable bonds is 4. The molecule has 2 unspecified atom stereocenters. The van der Waals surface area contributed by atoms with Gasteiger partial charge in [0.05, 0.1) is 12.5 Å². The van der Waals surface area contributed by atoms with Crippen LogP contribution in [0.15, 0.2) is 25.7 Å².